The molecular weight excluding hydrogens is 462 g/mol. The molecule has 0 radical (unpaired) electrons. The van der Waals surface area contributed by atoms with Crippen molar-refractivity contribution in [2.45, 2.75) is 30.6 Å². The molecule has 0 amide bonds. The van der Waals surface area contributed by atoms with E-state index in [0.29, 0.717) is 0 Å². The first-order chi connectivity index (χ1) is 14.9. The fraction of sp³-hybridized carbons (Fsp3) is 0.158. The third-order valence-corrected chi connectivity index (χ3v) is 6.56. The molecule has 0 fully saturated rings. The Morgan fingerprint density at radius 3 is 1.38 bits per heavy atom. The normalized spacial score (nSPS) is 11.7. The highest BCUT2D eigenvalue weighted by molar-refractivity contribution is 7.87. The molecule has 0 bridgehead atoms. The molecule has 0 unspecified atom stereocenters. The van der Waals surface area contributed by atoms with Crippen molar-refractivity contribution < 1.29 is 30.1 Å². The molecule has 0 saturated heterocycles. The standard InChI is InChI=1S/C19H17N3O8S2/c1-12-4-8-15(9-5-12)31(25,26)29-18-17(22(23)24)19(21-14(3)20-18)30-32(27,28)16-10-6-13(2)7-11-16/h4-11H,1-3H3. The number of hydrogen-bond acceptors (Lipinski definition) is 10. The highest BCUT2D eigenvalue weighted by Crippen LogP contribution is 2.36. The van der Waals surface area contributed by atoms with E-state index in [1.54, 1.807) is 13.8 Å². The molecule has 168 valence electrons. The minimum absolute atomic E-state index is 0.209. The van der Waals surface area contributed by atoms with Crippen LogP contribution in [-0.2, 0) is 20.2 Å². The first-order valence-corrected chi connectivity index (χ1v) is 11.8. The predicted molar refractivity (Wildman–Crippen MR) is 111 cm³/mol. The SMILES string of the molecule is Cc1ccc(S(=O)(=O)Oc2nc(C)nc(OS(=O)(=O)c3ccc(C)cc3)c2[N+](=O)[O-])cc1. The Morgan fingerprint density at radius 1 is 0.719 bits per heavy atom. The Balaban J connectivity index is 2.07. The fourth-order valence-corrected chi connectivity index (χ4v) is 4.28. The van der Waals surface area contributed by atoms with Gasteiger partial charge in [0.25, 0.3) is 0 Å². The molecule has 0 spiro atoms. The number of aryl methyl sites for hydroxylation is 3. The van der Waals surface area contributed by atoms with Gasteiger partial charge < -0.3 is 8.37 Å². The number of benzene rings is 2. The van der Waals surface area contributed by atoms with E-state index in [0.717, 1.165) is 11.1 Å². The van der Waals surface area contributed by atoms with Crippen LogP contribution in [0.5, 0.6) is 11.8 Å². The van der Waals surface area contributed by atoms with Gasteiger partial charge in [-0.25, -0.2) is 0 Å². The fourth-order valence-electron chi connectivity index (χ4n) is 2.50. The minimum atomic E-state index is -4.52. The van der Waals surface area contributed by atoms with Gasteiger partial charge in [-0.1, -0.05) is 35.4 Å². The van der Waals surface area contributed by atoms with Crippen molar-refractivity contribution in [3.63, 3.8) is 0 Å². The van der Waals surface area contributed by atoms with Crippen LogP contribution in [-0.4, -0.2) is 31.7 Å². The maximum absolute atomic E-state index is 12.6. The first kappa shape index (κ1) is 23.1. The van der Waals surface area contributed by atoms with Crippen LogP contribution < -0.4 is 8.37 Å². The lowest BCUT2D eigenvalue weighted by molar-refractivity contribution is -0.386. The summed E-state index contributed by atoms with van der Waals surface area (Å²) in [5.74, 6) is -2.16. The van der Waals surface area contributed by atoms with Crippen LogP contribution in [0, 0.1) is 30.9 Å². The molecule has 0 aliphatic rings. The lowest BCUT2D eigenvalue weighted by Crippen LogP contribution is -2.16. The molecule has 0 saturated carbocycles. The molecule has 11 nitrogen and oxygen atoms in total. The van der Waals surface area contributed by atoms with Gasteiger partial charge in [0, 0.05) is 0 Å². The molecule has 0 N–H and O–H groups in total. The molecule has 13 heteroatoms. The number of nitrogens with zero attached hydrogens (tertiary/aromatic N) is 3. The molecule has 0 aliphatic carbocycles. The van der Waals surface area contributed by atoms with Crippen LogP contribution >= 0.6 is 0 Å². The minimum Gasteiger partial charge on any atom is -0.350 e. The number of aromatic nitrogens is 2. The third kappa shape index (κ3) is 5.00. The highest BCUT2D eigenvalue weighted by Gasteiger charge is 2.34. The second-order valence-corrected chi connectivity index (χ2v) is 9.78. The average Bonchev–Trinajstić information content (AvgIpc) is 2.67. The Labute approximate surface area is 184 Å². The van der Waals surface area contributed by atoms with Gasteiger partial charge in [0.05, 0.1) is 4.92 Å². The number of hydrogen-bond donors (Lipinski definition) is 0. The van der Waals surface area contributed by atoms with Gasteiger partial charge >= 0.3 is 37.7 Å². The molecule has 2 aromatic carbocycles. The van der Waals surface area contributed by atoms with Crippen molar-refractivity contribution in [2.75, 3.05) is 0 Å². The van der Waals surface area contributed by atoms with Crippen LogP contribution in [0.25, 0.3) is 0 Å². The van der Waals surface area contributed by atoms with Crippen molar-refractivity contribution in [3.05, 3.63) is 75.6 Å². The quantitative estimate of drug-likeness (QED) is 0.280. The van der Waals surface area contributed by atoms with Gasteiger partial charge in [0.1, 0.15) is 15.6 Å². The topological polar surface area (TPSA) is 156 Å². The lowest BCUT2D eigenvalue weighted by Gasteiger charge is -2.11. The van der Waals surface area contributed by atoms with Crippen molar-refractivity contribution >= 4 is 25.9 Å². The van der Waals surface area contributed by atoms with Gasteiger partial charge in [0.15, 0.2) is 0 Å². The Bertz CT molecular complexity index is 1290. The van der Waals surface area contributed by atoms with Crippen molar-refractivity contribution in [1.82, 2.24) is 9.97 Å². The Kier molecular flexibility index (Phi) is 6.14. The molecule has 1 heterocycles. The summed E-state index contributed by atoms with van der Waals surface area (Å²) in [6.07, 6.45) is 0. The summed E-state index contributed by atoms with van der Waals surface area (Å²) in [4.78, 5) is 17.4. The summed E-state index contributed by atoms with van der Waals surface area (Å²) in [6, 6.07) is 11.1. The summed E-state index contributed by atoms with van der Waals surface area (Å²) in [6.45, 7) is 4.75. The van der Waals surface area contributed by atoms with E-state index in [1.807, 2.05) is 0 Å². The summed E-state index contributed by atoms with van der Waals surface area (Å²) in [5.41, 5.74) is 0.414. The monoisotopic (exact) mass is 479 g/mol. The van der Waals surface area contributed by atoms with Gasteiger partial charge in [0.2, 0.25) is 0 Å². The molecule has 3 rings (SSSR count). The zero-order chi connectivity index (χ0) is 23.7. The lowest BCUT2D eigenvalue weighted by atomic mass is 10.2. The van der Waals surface area contributed by atoms with Crippen LogP contribution in [0.3, 0.4) is 0 Å². The molecular formula is C19H17N3O8S2. The van der Waals surface area contributed by atoms with Gasteiger partial charge in [-0.3, -0.25) is 10.1 Å². The van der Waals surface area contributed by atoms with E-state index < -0.39 is 42.6 Å². The predicted octanol–water partition coefficient (Wildman–Crippen LogP) is 2.85. The number of rotatable bonds is 7. The van der Waals surface area contributed by atoms with Crippen LogP contribution in [0.4, 0.5) is 5.69 Å². The van der Waals surface area contributed by atoms with Gasteiger partial charge in [-0.15, -0.1) is 0 Å². The Hall–Kier alpha value is -3.58. The summed E-state index contributed by atoms with van der Waals surface area (Å²) in [5, 5.41) is 11.7. The van der Waals surface area contributed by atoms with Crippen LogP contribution in [0.15, 0.2) is 58.3 Å². The van der Waals surface area contributed by atoms with Gasteiger partial charge in [-0.2, -0.15) is 26.8 Å². The zero-order valence-electron chi connectivity index (χ0n) is 17.0. The van der Waals surface area contributed by atoms with Crippen LogP contribution in [0.2, 0.25) is 0 Å². The molecule has 3 aromatic rings. The maximum atomic E-state index is 12.6. The van der Waals surface area contributed by atoms with E-state index in [9.17, 15) is 26.9 Å². The third-order valence-electron chi connectivity index (χ3n) is 4.11. The zero-order valence-corrected chi connectivity index (χ0v) is 18.7. The van der Waals surface area contributed by atoms with E-state index in [4.69, 9.17) is 8.37 Å². The highest BCUT2D eigenvalue weighted by atomic mass is 32.2. The van der Waals surface area contributed by atoms with Crippen molar-refractivity contribution in [3.8, 4) is 11.8 Å². The van der Waals surface area contributed by atoms with E-state index in [-0.39, 0.29) is 15.6 Å². The van der Waals surface area contributed by atoms with Crippen molar-refractivity contribution in [2.24, 2.45) is 0 Å². The Morgan fingerprint density at radius 2 is 1.06 bits per heavy atom. The van der Waals surface area contributed by atoms with Gasteiger partial charge in [-0.05, 0) is 45.0 Å². The van der Waals surface area contributed by atoms with E-state index in [2.05, 4.69) is 9.97 Å². The number of nitro groups is 1. The molecule has 1 aromatic heterocycles. The summed E-state index contributed by atoms with van der Waals surface area (Å²) in [7, 11) is -9.04. The largest absolute Gasteiger partial charge is 0.394 e. The second kappa shape index (κ2) is 8.51. The summed E-state index contributed by atoms with van der Waals surface area (Å²) >= 11 is 0. The molecule has 0 atom stereocenters. The smallest absolute Gasteiger partial charge is 0.350 e. The molecule has 32 heavy (non-hydrogen) atoms. The summed E-state index contributed by atoms with van der Waals surface area (Å²) < 4.78 is 60.1. The van der Waals surface area contributed by atoms with E-state index >= 15 is 0 Å². The van der Waals surface area contributed by atoms with E-state index in [1.165, 1.54) is 55.5 Å². The maximum Gasteiger partial charge on any atom is 0.394 e. The first-order valence-electron chi connectivity index (χ1n) is 8.94. The molecule has 0 aliphatic heterocycles. The van der Waals surface area contributed by atoms with Crippen LogP contribution in [0.1, 0.15) is 17.0 Å². The van der Waals surface area contributed by atoms with Crippen molar-refractivity contribution in [1.29, 1.82) is 0 Å². The second-order valence-electron chi connectivity index (χ2n) is 6.69. The average molecular weight is 479 g/mol.